The molecule has 4 aliphatic rings. The van der Waals surface area contributed by atoms with Crippen LogP contribution in [0.1, 0.15) is 98.8 Å². The fraction of sp³-hybridized carbons (Fsp3) is 0.967. The molecule has 0 spiro atoms. The van der Waals surface area contributed by atoms with Gasteiger partial charge in [-0.1, -0.05) is 34.6 Å². The van der Waals surface area contributed by atoms with Crippen LogP contribution in [0.15, 0.2) is 0 Å². The predicted octanol–water partition coefficient (Wildman–Crippen LogP) is 5.16. The van der Waals surface area contributed by atoms with Crippen LogP contribution in [0.4, 0.5) is 0 Å². The van der Waals surface area contributed by atoms with Gasteiger partial charge in [-0.2, -0.15) is 0 Å². The monoisotopic (exact) mass is 490 g/mol. The van der Waals surface area contributed by atoms with E-state index in [0.717, 1.165) is 44.2 Å². The van der Waals surface area contributed by atoms with Crippen molar-refractivity contribution in [1.82, 2.24) is 10.6 Å². The number of rotatable bonds is 9. The summed E-state index contributed by atoms with van der Waals surface area (Å²) < 4.78 is 4.91. The summed E-state index contributed by atoms with van der Waals surface area (Å²) in [5.74, 6) is 3.79. The molecule has 0 aliphatic heterocycles. The number of fused-ring (bicyclic) bond motifs is 5. The molecule has 0 aromatic rings. The van der Waals surface area contributed by atoms with Gasteiger partial charge in [0.2, 0.25) is 0 Å². The largest absolute Gasteiger partial charge is 0.469 e. The third-order valence-electron chi connectivity index (χ3n) is 11.6. The Balaban J connectivity index is 1.40. The Morgan fingerprint density at radius 2 is 1.69 bits per heavy atom. The van der Waals surface area contributed by atoms with Gasteiger partial charge >= 0.3 is 5.97 Å². The highest BCUT2D eigenvalue weighted by atomic mass is 16.5. The molecule has 4 unspecified atom stereocenters. The van der Waals surface area contributed by atoms with E-state index in [4.69, 9.17) is 4.74 Å². The van der Waals surface area contributed by atoms with E-state index in [2.05, 4.69) is 45.3 Å². The van der Waals surface area contributed by atoms with Gasteiger partial charge in [0, 0.05) is 31.6 Å². The van der Waals surface area contributed by atoms with Gasteiger partial charge in [0.05, 0.1) is 13.2 Å². The highest BCUT2D eigenvalue weighted by Crippen LogP contribution is 2.68. The molecule has 5 heteroatoms. The van der Waals surface area contributed by atoms with Crippen LogP contribution >= 0.6 is 0 Å². The third kappa shape index (κ3) is 5.34. The van der Waals surface area contributed by atoms with E-state index in [0.29, 0.717) is 47.6 Å². The van der Waals surface area contributed by atoms with Crippen LogP contribution in [0, 0.1) is 46.3 Å². The molecule has 35 heavy (non-hydrogen) atoms. The number of nitrogens with one attached hydrogen (secondary N) is 2. The lowest BCUT2D eigenvalue weighted by Gasteiger charge is -2.62. The Kier molecular flexibility index (Phi) is 8.60. The van der Waals surface area contributed by atoms with Gasteiger partial charge in [0.25, 0.3) is 0 Å². The standard InChI is InChI=1S/C30H54N2O3/c1-19(2)31-15-16-32-21-11-13-30(5)25-12-14-29(4)23(20(3)7-10-28(34)35-6)8-9-24(29)22(25)18-27(33)26(30)17-21/h19-27,31-33H,7-18H2,1-6H3/t20-,21+,22?,23-,24?,25?,26?,27+,29-,30-/m1/s1. The number of ether oxygens (including phenoxy) is 1. The van der Waals surface area contributed by atoms with Gasteiger partial charge in [0.1, 0.15) is 0 Å². The SMILES string of the molecule is COC(=O)CC[C@@H](C)[C@H]1CCC2C3C[C@H](O)C4C[C@@H](NCCNC(C)C)CC[C@]4(C)C3CC[C@@]21C. The molecule has 4 aliphatic carbocycles. The maximum atomic E-state index is 11.8. The van der Waals surface area contributed by atoms with E-state index in [-0.39, 0.29) is 17.5 Å². The molecule has 0 saturated heterocycles. The first-order chi connectivity index (χ1) is 16.6. The molecule has 0 amide bonds. The Labute approximate surface area is 214 Å². The van der Waals surface area contributed by atoms with Crippen molar-refractivity contribution < 1.29 is 14.6 Å². The molecule has 3 N–H and O–H groups in total. The number of aliphatic hydroxyl groups excluding tert-OH is 1. The first-order valence-electron chi connectivity index (χ1n) is 14.8. The molecule has 0 radical (unpaired) electrons. The van der Waals surface area contributed by atoms with Gasteiger partial charge < -0.3 is 20.5 Å². The molecule has 4 rings (SSSR count). The lowest BCUT2D eigenvalue weighted by molar-refractivity contribution is -0.162. The summed E-state index contributed by atoms with van der Waals surface area (Å²) in [6.07, 6.45) is 11.2. The van der Waals surface area contributed by atoms with Gasteiger partial charge in [-0.05, 0) is 104 Å². The van der Waals surface area contributed by atoms with E-state index in [1.165, 1.54) is 45.6 Å². The van der Waals surface area contributed by atoms with E-state index in [1.807, 2.05) is 0 Å². The number of aliphatic hydroxyl groups is 1. The summed E-state index contributed by atoms with van der Waals surface area (Å²) in [6.45, 7) is 13.9. The van der Waals surface area contributed by atoms with E-state index < -0.39 is 0 Å². The van der Waals surface area contributed by atoms with Crippen LogP contribution in [0.5, 0.6) is 0 Å². The van der Waals surface area contributed by atoms with Crippen molar-refractivity contribution >= 4 is 5.97 Å². The Morgan fingerprint density at radius 1 is 0.971 bits per heavy atom. The van der Waals surface area contributed by atoms with Crippen LogP contribution in [0.3, 0.4) is 0 Å². The molecular formula is C30H54N2O3. The molecule has 0 aromatic carbocycles. The van der Waals surface area contributed by atoms with Gasteiger partial charge in [-0.15, -0.1) is 0 Å². The van der Waals surface area contributed by atoms with Gasteiger partial charge in [-0.25, -0.2) is 0 Å². The second-order valence-corrected chi connectivity index (χ2v) is 13.6. The maximum absolute atomic E-state index is 11.8. The second-order valence-electron chi connectivity index (χ2n) is 13.6. The minimum Gasteiger partial charge on any atom is -0.469 e. The molecule has 4 saturated carbocycles. The molecule has 0 aromatic heterocycles. The summed E-state index contributed by atoms with van der Waals surface area (Å²) in [5, 5.41) is 18.8. The quantitative estimate of drug-likeness (QED) is 0.308. The van der Waals surface area contributed by atoms with Crippen LogP contribution < -0.4 is 10.6 Å². The maximum Gasteiger partial charge on any atom is 0.305 e. The highest BCUT2D eigenvalue weighted by Gasteiger charge is 2.62. The van der Waals surface area contributed by atoms with E-state index >= 15 is 0 Å². The van der Waals surface area contributed by atoms with Crippen LogP contribution in [-0.4, -0.2) is 49.5 Å². The molecule has 0 heterocycles. The Bertz CT molecular complexity index is 728. The van der Waals surface area contributed by atoms with E-state index in [1.54, 1.807) is 0 Å². The number of hydrogen-bond donors (Lipinski definition) is 3. The van der Waals surface area contributed by atoms with Crippen LogP contribution in [0.25, 0.3) is 0 Å². The average Bonchev–Trinajstić information content (AvgIpc) is 3.18. The third-order valence-corrected chi connectivity index (χ3v) is 11.6. The van der Waals surface area contributed by atoms with E-state index in [9.17, 15) is 9.90 Å². The zero-order chi connectivity index (χ0) is 25.4. The van der Waals surface area contributed by atoms with Crippen LogP contribution in [-0.2, 0) is 9.53 Å². The smallest absolute Gasteiger partial charge is 0.305 e. The minimum atomic E-state index is -0.155. The normalized spacial score (nSPS) is 43.8. The summed E-state index contributed by atoms with van der Waals surface area (Å²) in [5.41, 5.74) is 0.647. The number of carbonyl (C=O) groups excluding carboxylic acids is 1. The topological polar surface area (TPSA) is 70.6 Å². The summed E-state index contributed by atoms with van der Waals surface area (Å²) in [4.78, 5) is 11.8. The van der Waals surface area contributed by atoms with Crippen molar-refractivity contribution in [3.8, 4) is 0 Å². The van der Waals surface area contributed by atoms with Crippen molar-refractivity contribution in [2.75, 3.05) is 20.2 Å². The molecule has 0 bridgehead atoms. The zero-order valence-electron chi connectivity index (χ0n) is 23.4. The zero-order valence-corrected chi connectivity index (χ0v) is 23.4. The average molecular weight is 491 g/mol. The first kappa shape index (κ1) is 27.4. The summed E-state index contributed by atoms with van der Waals surface area (Å²) >= 11 is 0. The number of hydrogen-bond acceptors (Lipinski definition) is 5. The fourth-order valence-electron chi connectivity index (χ4n) is 9.75. The van der Waals surface area contributed by atoms with Crippen molar-refractivity contribution in [2.45, 2.75) is 117 Å². The van der Waals surface area contributed by atoms with Crippen molar-refractivity contribution in [3.05, 3.63) is 0 Å². The van der Waals surface area contributed by atoms with Crippen LogP contribution in [0.2, 0.25) is 0 Å². The minimum absolute atomic E-state index is 0.0732. The Morgan fingerprint density at radius 3 is 2.40 bits per heavy atom. The van der Waals surface area contributed by atoms with Crippen molar-refractivity contribution in [1.29, 1.82) is 0 Å². The fourth-order valence-corrected chi connectivity index (χ4v) is 9.75. The predicted molar refractivity (Wildman–Crippen MR) is 142 cm³/mol. The first-order valence-corrected chi connectivity index (χ1v) is 14.8. The van der Waals surface area contributed by atoms with Crippen molar-refractivity contribution in [2.24, 2.45) is 46.3 Å². The lowest BCUT2D eigenvalue weighted by Crippen LogP contribution is -2.59. The molecule has 202 valence electrons. The van der Waals surface area contributed by atoms with Gasteiger partial charge in [0.15, 0.2) is 0 Å². The number of carbonyl (C=O) groups is 1. The van der Waals surface area contributed by atoms with Gasteiger partial charge in [-0.3, -0.25) is 4.79 Å². The number of esters is 1. The number of methoxy groups -OCH3 is 1. The Hall–Kier alpha value is -0.650. The highest BCUT2D eigenvalue weighted by molar-refractivity contribution is 5.69. The summed E-state index contributed by atoms with van der Waals surface area (Å²) in [6, 6.07) is 1.08. The molecule has 10 atom stereocenters. The second kappa shape index (κ2) is 11.0. The molecular weight excluding hydrogens is 436 g/mol. The summed E-state index contributed by atoms with van der Waals surface area (Å²) in [7, 11) is 1.50. The molecule has 5 nitrogen and oxygen atoms in total. The molecule has 4 fully saturated rings. The lowest BCUT2D eigenvalue weighted by atomic mass is 9.43. The van der Waals surface area contributed by atoms with Crippen molar-refractivity contribution in [3.63, 3.8) is 0 Å².